The maximum absolute atomic E-state index is 9.67. The van der Waals surface area contributed by atoms with Crippen LogP contribution in [0.5, 0.6) is 0 Å². The molecule has 16 heavy (non-hydrogen) atoms. The first-order valence-corrected chi connectivity index (χ1v) is 5.22. The third kappa shape index (κ3) is 3.27. The summed E-state index contributed by atoms with van der Waals surface area (Å²) < 4.78 is 5.04. The first-order chi connectivity index (χ1) is 7.69. The maximum Gasteiger partial charge on any atom is 0.136 e. The summed E-state index contributed by atoms with van der Waals surface area (Å²) in [6.07, 6.45) is 0. The number of hydrogen-bond donors (Lipinski definition) is 1. The van der Waals surface area contributed by atoms with E-state index in [1.807, 2.05) is 13.0 Å². The van der Waals surface area contributed by atoms with Crippen LogP contribution in [-0.2, 0) is 4.74 Å². The predicted molar refractivity (Wildman–Crippen MR) is 63.1 cm³/mol. The summed E-state index contributed by atoms with van der Waals surface area (Å²) in [5.41, 5.74) is 0.781. The average Bonchev–Trinajstić information content (AvgIpc) is 2.27. The molecule has 0 fully saturated rings. The van der Waals surface area contributed by atoms with Crippen molar-refractivity contribution in [3.8, 4) is 6.07 Å². The Labute approximate surface area is 99.5 Å². The fourth-order valence-corrected chi connectivity index (χ4v) is 1.40. The quantitative estimate of drug-likeness (QED) is 0.646. The van der Waals surface area contributed by atoms with Crippen molar-refractivity contribution in [3.63, 3.8) is 0 Å². The molecule has 84 valence electrons. The lowest BCUT2D eigenvalue weighted by molar-refractivity contribution is 0.141. The van der Waals surface area contributed by atoms with Crippen LogP contribution in [0.3, 0.4) is 0 Å². The SMILES string of the molecule is CCOC/C(O)=C(\C#N)c1cccc(Cl)c1. The number of benzene rings is 1. The Balaban J connectivity index is 3.03. The fourth-order valence-electron chi connectivity index (χ4n) is 1.21. The molecule has 0 saturated carbocycles. The van der Waals surface area contributed by atoms with Crippen LogP contribution in [0.15, 0.2) is 30.0 Å². The fraction of sp³-hybridized carbons (Fsp3) is 0.250. The van der Waals surface area contributed by atoms with E-state index in [4.69, 9.17) is 21.6 Å². The number of aliphatic hydroxyl groups is 1. The van der Waals surface area contributed by atoms with E-state index >= 15 is 0 Å². The molecule has 1 aromatic rings. The molecule has 0 radical (unpaired) electrons. The van der Waals surface area contributed by atoms with E-state index in [-0.39, 0.29) is 17.9 Å². The van der Waals surface area contributed by atoms with Crippen molar-refractivity contribution in [2.45, 2.75) is 6.92 Å². The minimum absolute atomic E-state index is 0.0336. The summed E-state index contributed by atoms with van der Waals surface area (Å²) >= 11 is 5.81. The minimum atomic E-state index is -0.0772. The van der Waals surface area contributed by atoms with Gasteiger partial charge in [0.05, 0.1) is 5.57 Å². The summed E-state index contributed by atoms with van der Waals surface area (Å²) in [7, 11) is 0. The lowest BCUT2D eigenvalue weighted by atomic mass is 10.1. The molecule has 1 rings (SSSR count). The van der Waals surface area contributed by atoms with Crippen LogP contribution in [0.2, 0.25) is 5.02 Å². The van der Waals surface area contributed by atoms with Crippen molar-refractivity contribution in [1.82, 2.24) is 0 Å². The predicted octanol–water partition coefficient (Wildman–Crippen LogP) is 3.17. The Morgan fingerprint density at radius 1 is 1.56 bits per heavy atom. The number of halogens is 1. The number of rotatable bonds is 4. The second kappa shape index (κ2) is 6.16. The van der Waals surface area contributed by atoms with Gasteiger partial charge >= 0.3 is 0 Å². The molecule has 1 N–H and O–H groups in total. The molecular formula is C12H12ClNO2. The van der Waals surface area contributed by atoms with Gasteiger partial charge in [-0.1, -0.05) is 23.7 Å². The molecular weight excluding hydrogens is 226 g/mol. The number of nitriles is 1. The molecule has 0 aliphatic carbocycles. The van der Waals surface area contributed by atoms with Crippen LogP contribution in [0.25, 0.3) is 5.57 Å². The minimum Gasteiger partial charge on any atom is -0.508 e. The Morgan fingerprint density at radius 2 is 2.31 bits per heavy atom. The second-order valence-electron chi connectivity index (χ2n) is 3.08. The topological polar surface area (TPSA) is 53.2 Å². The van der Waals surface area contributed by atoms with Crippen molar-refractivity contribution in [2.75, 3.05) is 13.2 Å². The van der Waals surface area contributed by atoms with E-state index in [0.717, 1.165) is 0 Å². The number of ether oxygens (including phenoxy) is 1. The number of allylic oxidation sites excluding steroid dienone is 1. The highest BCUT2D eigenvalue weighted by molar-refractivity contribution is 6.30. The molecule has 3 nitrogen and oxygen atoms in total. The van der Waals surface area contributed by atoms with E-state index in [9.17, 15) is 5.11 Å². The Hall–Kier alpha value is -1.50. The van der Waals surface area contributed by atoms with Gasteiger partial charge in [-0.15, -0.1) is 0 Å². The van der Waals surface area contributed by atoms with Gasteiger partial charge in [-0.2, -0.15) is 5.26 Å². The third-order valence-corrected chi connectivity index (χ3v) is 2.19. The van der Waals surface area contributed by atoms with Crippen molar-refractivity contribution < 1.29 is 9.84 Å². The van der Waals surface area contributed by atoms with Crippen LogP contribution < -0.4 is 0 Å². The molecule has 0 aromatic heterocycles. The van der Waals surface area contributed by atoms with Crippen LogP contribution >= 0.6 is 11.6 Å². The monoisotopic (exact) mass is 237 g/mol. The summed E-state index contributed by atoms with van der Waals surface area (Å²) in [6.45, 7) is 2.34. The Morgan fingerprint density at radius 3 is 2.88 bits per heavy atom. The highest BCUT2D eigenvalue weighted by Crippen LogP contribution is 2.20. The Kier molecular flexibility index (Phi) is 4.84. The Bertz CT molecular complexity index is 435. The first-order valence-electron chi connectivity index (χ1n) is 4.85. The van der Waals surface area contributed by atoms with Gasteiger partial charge < -0.3 is 9.84 Å². The van der Waals surface area contributed by atoms with Gasteiger partial charge in [0.2, 0.25) is 0 Å². The molecule has 0 amide bonds. The molecule has 1 aromatic carbocycles. The van der Waals surface area contributed by atoms with Gasteiger partial charge in [0.15, 0.2) is 0 Å². The molecule has 4 heteroatoms. The number of nitrogens with zero attached hydrogens (tertiary/aromatic N) is 1. The molecule has 0 spiro atoms. The van der Waals surface area contributed by atoms with Gasteiger partial charge in [0.1, 0.15) is 18.4 Å². The molecule has 0 bridgehead atoms. The van der Waals surface area contributed by atoms with E-state index in [2.05, 4.69) is 0 Å². The zero-order valence-electron chi connectivity index (χ0n) is 8.90. The van der Waals surface area contributed by atoms with E-state index in [1.54, 1.807) is 24.3 Å². The highest BCUT2D eigenvalue weighted by Gasteiger charge is 2.08. The van der Waals surface area contributed by atoms with E-state index < -0.39 is 0 Å². The van der Waals surface area contributed by atoms with Gasteiger partial charge in [-0.25, -0.2) is 0 Å². The van der Waals surface area contributed by atoms with Crippen molar-refractivity contribution >= 4 is 17.2 Å². The smallest absolute Gasteiger partial charge is 0.136 e. The molecule has 0 aliphatic heterocycles. The average molecular weight is 238 g/mol. The normalized spacial score (nSPS) is 11.8. The van der Waals surface area contributed by atoms with Gasteiger partial charge in [-0.3, -0.25) is 0 Å². The van der Waals surface area contributed by atoms with Gasteiger partial charge in [0, 0.05) is 11.6 Å². The van der Waals surface area contributed by atoms with Crippen molar-refractivity contribution in [3.05, 3.63) is 40.6 Å². The second-order valence-corrected chi connectivity index (χ2v) is 3.52. The van der Waals surface area contributed by atoms with Crippen LogP contribution in [0, 0.1) is 11.3 Å². The zero-order valence-corrected chi connectivity index (χ0v) is 9.66. The first kappa shape index (κ1) is 12.6. The molecule has 0 atom stereocenters. The highest BCUT2D eigenvalue weighted by atomic mass is 35.5. The summed E-state index contributed by atoms with van der Waals surface area (Å²) in [4.78, 5) is 0. The van der Waals surface area contributed by atoms with Crippen LogP contribution in [-0.4, -0.2) is 18.3 Å². The summed E-state index contributed by atoms with van der Waals surface area (Å²) in [5, 5.41) is 19.2. The van der Waals surface area contributed by atoms with E-state index in [0.29, 0.717) is 17.2 Å². The molecule has 0 unspecified atom stereocenters. The summed E-state index contributed by atoms with van der Waals surface area (Å²) in [6, 6.07) is 8.72. The molecule has 0 heterocycles. The maximum atomic E-state index is 9.67. The van der Waals surface area contributed by atoms with Crippen molar-refractivity contribution in [1.29, 1.82) is 5.26 Å². The van der Waals surface area contributed by atoms with E-state index in [1.165, 1.54) is 0 Å². The zero-order chi connectivity index (χ0) is 12.0. The molecule has 0 saturated heterocycles. The van der Waals surface area contributed by atoms with Crippen LogP contribution in [0.1, 0.15) is 12.5 Å². The third-order valence-electron chi connectivity index (χ3n) is 1.96. The molecule has 0 aliphatic rings. The lowest BCUT2D eigenvalue weighted by Gasteiger charge is -2.05. The van der Waals surface area contributed by atoms with Gasteiger partial charge in [0.25, 0.3) is 0 Å². The standard InChI is InChI=1S/C12H12ClNO2/c1-2-16-8-12(15)11(7-14)9-4-3-5-10(13)6-9/h3-6,15H,2,8H2,1H3/b12-11-. The number of hydrogen-bond acceptors (Lipinski definition) is 3. The van der Waals surface area contributed by atoms with Crippen LogP contribution in [0.4, 0.5) is 0 Å². The summed E-state index contributed by atoms with van der Waals surface area (Å²) in [5.74, 6) is -0.0772. The number of aliphatic hydroxyl groups excluding tert-OH is 1. The van der Waals surface area contributed by atoms with Crippen molar-refractivity contribution in [2.24, 2.45) is 0 Å². The van der Waals surface area contributed by atoms with Gasteiger partial charge in [-0.05, 0) is 24.6 Å². The largest absolute Gasteiger partial charge is 0.508 e. The lowest BCUT2D eigenvalue weighted by Crippen LogP contribution is -2.00.